The van der Waals surface area contributed by atoms with Crippen molar-refractivity contribution in [3.63, 3.8) is 0 Å². The second-order valence-electron chi connectivity index (χ2n) is 6.58. The van der Waals surface area contributed by atoms with Crippen LogP contribution in [0.1, 0.15) is 11.9 Å². The van der Waals surface area contributed by atoms with Crippen molar-refractivity contribution in [3.8, 4) is 0 Å². The van der Waals surface area contributed by atoms with Crippen LogP contribution in [0.5, 0.6) is 0 Å². The Kier molecular flexibility index (Phi) is 4.50. The number of hydrazine groups is 1. The Labute approximate surface area is 149 Å². The van der Waals surface area contributed by atoms with Crippen LogP contribution in [-0.2, 0) is 18.9 Å². The molecule has 4 rings (SSSR count). The molecule has 3 aliphatic heterocycles. The molecule has 0 bridgehead atoms. The highest BCUT2D eigenvalue weighted by Gasteiger charge is 2.75. The van der Waals surface area contributed by atoms with E-state index in [0.29, 0.717) is 0 Å². The van der Waals surface area contributed by atoms with Gasteiger partial charge in [0.05, 0.1) is 12.6 Å². The quantitative estimate of drug-likeness (QED) is 0.268. The number of benzene rings is 1. The van der Waals surface area contributed by atoms with Gasteiger partial charge >= 0.3 is 0 Å². The Morgan fingerprint density at radius 2 is 2.04 bits per heavy atom. The summed E-state index contributed by atoms with van der Waals surface area (Å²) in [5, 5.41) is 31.8. The molecule has 7 unspecified atom stereocenters. The fourth-order valence-electron chi connectivity index (χ4n) is 3.82. The van der Waals surface area contributed by atoms with E-state index in [-0.39, 0.29) is 11.9 Å². The lowest BCUT2D eigenvalue weighted by Gasteiger charge is -2.66. The van der Waals surface area contributed by atoms with E-state index in [1.54, 1.807) is 0 Å². The summed E-state index contributed by atoms with van der Waals surface area (Å²) in [7, 11) is 1.35. The van der Waals surface area contributed by atoms with Crippen LogP contribution < -0.4 is 16.5 Å². The van der Waals surface area contributed by atoms with Gasteiger partial charge in [0, 0.05) is 18.0 Å². The molecule has 3 saturated heterocycles. The molecule has 11 nitrogen and oxygen atoms in total. The summed E-state index contributed by atoms with van der Waals surface area (Å²) in [4.78, 5) is 0. The number of ether oxygens (including phenoxy) is 4. The monoisotopic (exact) mass is 370 g/mol. The molecule has 1 aromatic rings. The summed E-state index contributed by atoms with van der Waals surface area (Å²) < 4.78 is 22.8. The maximum Gasteiger partial charge on any atom is 0.192 e. The molecule has 0 aromatic heterocycles. The van der Waals surface area contributed by atoms with Gasteiger partial charge in [-0.05, 0) is 0 Å². The van der Waals surface area contributed by atoms with E-state index in [9.17, 15) is 5.11 Å². The predicted octanol–water partition coefficient (Wildman–Crippen LogP) is -1.63. The minimum Gasteiger partial charge on any atom is -0.379 e. The third-order valence-corrected chi connectivity index (χ3v) is 5.10. The Bertz CT molecular complexity index is 652. The van der Waals surface area contributed by atoms with E-state index in [1.165, 1.54) is 7.11 Å². The number of nitrogens with zero attached hydrogens (tertiary/aromatic N) is 1. The van der Waals surface area contributed by atoms with Gasteiger partial charge in [-0.15, -0.1) is 0 Å². The number of rotatable bonds is 4. The summed E-state index contributed by atoms with van der Waals surface area (Å²) in [5.74, 6) is -1.81. The number of hydrogen-bond acceptors (Lipinski definition) is 11. The number of nitrogens with one attached hydrogen (secondary N) is 2. The summed E-state index contributed by atoms with van der Waals surface area (Å²) in [6, 6.07) is 8.68. The minimum absolute atomic E-state index is 0.232. The Morgan fingerprint density at radius 3 is 2.69 bits per heavy atom. The van der Waals surface area contributed by atoms with Gasteiger partial charge in [0.25, 0.3) is 0 Å². The summed E-state index contributed by atoms with van der Waals surface area (Å²) in [5.41, 5.74) is 7.15. The second kappa shape index (κ2) is 6.44. The van der Waals surface area contributed by atoms with Gasteiger partial charge in [0.2, 0.25) is 0 Å². The van der Waals surface area contributed by atoms with Gasteiger partial charge in [-0.3, -0.25) is 21.5 Å². The zero-order valence-electron chi connectivity index (χ0n) is 14.0. The van der Waals surface area contributed by atoms with E-state index in [0.717, 1.165) is 5.56 Å². The van der Waals surface area contributed by atoms with Crippen molar-refractivity contribution in [3.05, 3.63) is 35.9 Å². The van der Waals surface area contributed by atoms with Crippen LogP contribution in [0, 0.1) is 0 Å². The smallest absolute Gasteiger partial charge is 0.192 e. The number of hydrogen-bond donors (Lipinski definition) is 6. The highest BCUT2D eigenvalue weighted by molar-refractivity contribution is 5.25. The van der Waals surface area contributed by atoms with E-state index < -0.39 is 42.2 Å². The van der Waals surface area contributed by atoms with E-state index >= 15 is 0 Å². The van der Waals surface area contributed by atoms with Crippen LogP contribution in [0.2, 0.25) is 0 Å². The SMILES string of the molecule is COC1OC2COC(c3ccccc3)OC2C2NC(N)(NN(O)O)C12O. The molecule has 1 aromatic carbocycles. The van der Waals surface area contributed by atoms with Crippen molar-refractivity contribution in [2.45, 2.75) is 42.2 Å². The average Bonchev–Trinajstić information content (AvgIpc) is 2.63. The molecule has 26 heavy (non-hydrogen) atoms. The molecular weight excluding hydrogens is 348 g/mol. The third-order valence-electron chi connectivity index (χ3n) is 5.10. The lowest BCUT2D eigenvalue weighted by Crippen LogP contribution is -3.00. The molecule has 7 atom stereocenters. The highest BCUT2D eigenvalue weighted by Crippen LogP contribution is 2.46. The van der Waals surface area contributed by atoms with Crippen molar-refractivity contribution >= 4 is 0 Å². The van der Waals surface area contributed by atoms with Crippen LogP contribution in [0.3, 0.4) is 0 Å². The first-order valence-electron chi connectivity index (χ1n) is 8.14. The number of methoxy groups -OCH3 is 1. The van der Waals surface area contributed by atoms with Crippen LogP contribution in [-0.4, -0.2) is 70.5 Å². The zero-order valence-corrected chi connectivity index (χ0v) is 14.0. The van der Waals surface area contributed by atoms with Gasteiger partial charge in [-0.25, -0.2) is 0 Å². The zero-order chi connectivity index (χ0) is 18.5. The van der Waals surface area contributed by atoms with Gasteiger partial charge in [0.1, 0.15) is 12.2 Å². The molecule has 144 valence electrons. The molecule has 3 fully saturated rings. The van der Waals surface area contributed by atoms with Crippen molar-refractivity contribution in [2.24, 2.45) is 5.73 Å². The molecule has 11 heteroatoms. The Balaban J connectivity index is 1.59. The molecule has 0 aliphatic carbocycles. The lowest BCUT2D eigenvalue weighted by atomic mass is 9.71. The average molecular weight is 370 g/mol. The first-order valence-corrected chi connectivity index (χ1v) is 8.14. The predicted molar refractivity (Wildman–Crippen MR) is 83.0 cm³/mol. The highest BCUT2D eigenvalue weighted by atomic mass is 16.8. The van der Waals surface area contributed by atoms with E-state index in [4.69, 9.17) is 35.1 Å². The van der Waals surface area contributed by atoms with Gasteiger partial charge in [-0.1, -0.05) is 30.3 Å². The summed E-state index contributed by atoms with van der Waals surface area (Å²) in [6.45, 7) is 0.232. The molecule has 0 spiro atoms. The minimum atomic E-state index is -1.84. The first kappa shape index (κ1) is 18.2. The Morgan fingerprint density at radius 1 is 1.31 bits per heavy atom. The maximum absolute atomic E-state index is 11.2. The fourth-order valence-corrected chi connectivity index (χ4v) is 3.82. The Hall–Kier alpha value is -1.22. The van der Waals surface area contributed by atoms with Gasteiger partial charge in [-0.2, -0.15) is 5.43 Å². The number of aliphatic hydroxyl groups is 1. The number of nitrogens with two attached hydrogens (primary N) is 1. The van der Waals surface area contributed by atoms with Crippen molar-refractivity contribution < 1.29 is 34.5 Å². The molecule has 7 N–H and O–H groups in total. The summed E-state index contributed by atoms with van der Waals surface area (Å²) in [6.07, 6.45) is -2.87. The van der Waals surface area contributed by atoms with Crippen LogP contribution in [0.25, 0.3) is 0 Å². The normalized spacial score (nSPS) is 44.9. The largest absolute Gasteiger partial charge is 0.379 e. The van der Waals surface area contributed by atoms with Gasteiger partial charge in [0.15, 0.2) is 24.0 Å². The van der Waals surface area contributed by atoms with Crippen molar-refractivity contribution in [1.82, 2.24) is 16.1 Å². The third kappa shape index (κ3) is 2.58. The molecule has 3 heterocycles. The topological polar surface area (TPSA) is 151 Å². The van der Waals surface area contributed by atoms with Crippen LogP contribution >= 0.6 is 0 Å². The number of fused-ring (bicyclic) bond motifs is 3. The van der Waals surface area contributed by atoms with Crippen LogP contribution in [0.15, 0.2) is 30.3 Å². The van der Waals surface area contributed by atoms with Crippen LogP contribution in [0.4, 0.5) is 0 Å². The molecular formula is C15H22N4O7. The fraction of sp³-hybridized carbons (Fsp3) is 0.600. The molecule has 0 saturated carbocycles. The van der Waals surface area contributed by atoms with Crippen molar-refractivity contribution in [2.75, 3.05) is 13.7 Å². The van der Waals surface area contributed by atoms with Gasteiger partial charge < -0.3 is 24.1 Å². The standard InChI is InChI=1S/C15H22N4O7/c1-23-13-14(20)11(17-15(14,16)18-19(21)22)10-9(25-13)7-24-12(26-10)8-5-3-2-4-6-8/h2-6,9-13,17-18,20-22H,7,16H2,1H3. The van der Waals surface area contributed by atoms with E-state index in [1.807, 2.05) is 30.3 Å². The molecule has 0 amide bonds. The summed E-state index contributed by atoms with van der Waals surface area (Å²) >= 11 is 0. The van der Waals surface area contributed by atoms with E-state index in [2.05, 4.69) is 10.7 Å². The lowest BCUT2D eigenvalue weighted by molar-refractivity contribution is -0.435. The molecule has 0 radical (unpaired) electrons. The maximum atomic E-state index is 11.2. The molecule has 3 aliphatic rings. The first-order chi connectivity index (χ1) is 12.4. The van der Waals surface area contributed by atoms with Crippen molar-refractivity contribution in [1.29, 1.82) is 0 Å². The second-order valence-corrected chi connectivity index (χ2v) is 6.58.